The van der Waals surface area contributed by atoms with E-state index in [1.54, 1.807) is 6.92 Å². The molecule has 0 aromatic heterocycles. The van der Waals surface area contributed by atoms with Gasteiger partial charge in [-0.1, -0.05) is 11.6 Å². The molecular formula is C11H10ClNO2. The highest BCUT2D eigenvalue weighted by atomic mass is 35.5. The lowest BCUT2D eigenvalue weighted by Gasteiger charge is -2.10. The molecule has 0 unspecified atom stereocenters. The van der Waals surface area contributed by atoms with Crippen molar-refractivity contribution in [2.45, 2.75) is 13.8 Å². The molecule has 0 aliphatic heterocycles. The Labute approximate surface area is 93.2 Å². The summed E-state index contributed by atoms with van der Waals surface area (Å²) in [5.74, 6) is 0.183. The van der Waals surface area contributed by atoms with Crippen LogP contribution in [0.25, 0.3) is 0 Å². The molecule has 78 valence electrons. The average molecular weight is 224 g/mol. The van der Waals surface area contributed by atoms with Gasteiger partial charge in [-0.25, -0.2) is 0 Å². The minimum atomic E-state index is -0.169. The number of nitriles is 1. The summed E-state index contributed by atoms with van der Waals surface area (Å²) in [5, 5.41) is 9.02. The van der Waals surface area contributed by atoms with E-state index in [9.17, 15) is 4.79 Å². The fraction of sp³-hybridized carbons (Fsp3) is 0.273. The molecular weight excluding hydrogens is 214 g/mol. The Hall–Kier alpha value is -1.53. The first-order valence-corrected chi connectivity index (χ1v) is 4.85. The van der Waals surface area contributed by atoms with Gasteiger partial charge in [-0.2, -0.15) is 5.26 Å². The predicted molar refractivity (Wildman–Crippen MR) is 57.3 cm³/mol. The summed E-state index contributed by atoms with van der Waals surface area (Å²) in [4.78, 5) is 11.3. The van der Waals surface area contributed by atoms with Crippen molar-refractivity contribution in [3.8, 4) is 11.8 Å². The number of rotatable bonds is 3. The maximum atomic E-state index is 11.3. The van der Waals surface area contributed by atoms with Crippen LogP contribution >= 0.6 is 11.6 Å². The lowest BCUT2D eigenvalue weighted by atomic mass is 10.1. The molecule has 0 bridgehead atoms. The largest absolute Gasteiger partial charge is 0.492 e. The number of hydrogen-bond donors (Lipinski definition) is 0. The normalized spacial score (nSPS) is 9.47. The van der Waals surface area contributed by atoms with Crippen molar-refractivity contribution < 1.29 is 9.53 Å². The molecule has 1 aromatic carbocycles. The summed E-state index contributed by atoms with van der Waals surface area (Å²) >= 11 is 5.91. The number of ketones is 1. The number of carbonyl (C=O) groups is 1. The van der Waals surface area contributed by atoms with E-state index in [0.717, 1.165) is 0 Å². The zero-order valence-corrected chi connectivity index (χ0v) is 9.26. The van der Waals surface area contributed by atoms with Crippen LogP contribution < -0.4 is 4.74 Å². The van der Waals surface area contributed by atoms with Crippen LogP contribution in [0.1, 0.15) is 29.8 Å². The Bertz CT molecular complexity index is 435. The quantitative estimate of drug-likeness (QED) is 0.741. The van der Waals surface area contributed by atoms with Crippen LogP contribution in [0.5, 0.6) is 5.75 Å². The minimum Gasteiger partial charge on any atom is -0.492 e. The van der Waals surface area contributed by atoms with E-state index >= 15 is 0 Å². The molecule has 1 aromatic rings. The molecule has 3 nitrogen and oxygen atoms in total. The second-order valence-corrected chi connectivity index (χ2v) is 3.34. The molecule has 0 N–H and O–H groups in total. The maximum Gasteiger partial charge on any atom is 0.163 e. The van der Waals surface area contributed by atoms with Crippen LogP contribution in [0.4, 0.5) is 0 Å². The Morgan fingerprint density at radius 1 is 1.60 bits per heavy atom. The Morgan fingerprint density at radius 3 is 2.73 bits per heavy atom. The van der Waals surface area contributed by atoms with Crippen LogP contribution in [0, 0.1) is 11.3 Å². The third kappa shape index (κ3) is 2.48. The highest BCUT2D eigenvalue weighted by molar-refractivity contribution is 6.32. The van der Waals surface area contributed by atoms with Crippen molar-refractivity contribution in [3.63, 3.8) is 0 Å². The molecule has 15 heavy (non-hydrogen) atoms. The maximum absolute atomic E-state index is 11.3. The monoisotopic (exact) mass is 223 g/mol. The van der Waals surface area contributed by atoms with Crippen molar-refractivity contribution in [1.82, 2.24) is 0 Å². The fourth-order valence-corrected chi connectivity index (χ4v) is 1.48. The van der Waals surface area contributed by atoms with Gasteiger partial charge in [0, 0.05) is 0 Å². The zero-order chi connectivity index (χ0) is 11.4. The van der Waals surface area contributed by atoms with Gasteiger partial charge >= 0.3 is 0 Å². The van der Waals surface area contributed by atoms with Gasteiger partial charge in [-0.3, -0.25) is 4.79 Å². The number of ether oxygens (including phenoxy) is 1. The van der Waals surface area contributed by atoms with Crippen molar-refractivity contribution in [2.75, 3.05) is 6.61 Å². The van der Waals surface area contributed by atoms with Crippen LogP contribution in [0.15, 0.2) is 12.1 Å². The van der Waals surface area contributed by atoms with Gasteiger partial charge in [-0.05, 0) is 26.0 Å². The van der Waals surface area contributed by atoms with Gasteiger partial charge in [0.25, 0.3) is 0 Å². The highest BCUT2D eigenvalue weighted by Crippen LogP contribution is 2.30. The van der Waals surface area contributed by atoms with E-state index in [2.05, 4.69) is 0 Å². The Morgan fingerprint density at radius 2 is 2.27 bits per heavy atom. The van der Waals surface area contributed by atoms with Gasteiger partial charge in [0.15, 0.2) is 5.78 Å². The van der Waals surface area contributed by atoms with Crippen molar-refractivity contribution in [2.24, 2.45) is 0 Å². The number of nitrogens with zero attached hydrogens (tertiary/aromatic N) is 1. The lowest BCUT2D eigenvalue weighted by molar-refractivity contribution is 0.101. The molecule has 0 heterocycles. The highest BCUT2D eigenvalue weighted by Gasteiger charge is 2.14. The standard InChI is InChI=1S/C11H10ClNO2/c1-3-15-11-9(7(2)14)4-8(6-13)5-10(11)12/h4-5H,3H2,1-2H3. The molecule has 0 radical (unpaired) electrons. The number of benzene rings is 1. The van der Waals surface area contributed by atoms with Gasteiger partial charge < -0.3 is 4.74 Å². The van der Waals surface area contributed by atoms with E-state index in [-0.39, 0.29) is 5.78 Å². The van der Waals surface area contributed by atoms with E-state index in [1.807, 2.05) is 6.07 Å². The van der Waals surface area contributed by atoms with Crippen molar-refractivity contribution in [1.29, 1.82) is 5.26 Å². The van der Waals surface area contributed by atoms with Gasteiger partial charge in [0.05, 0.1) is 28.8 Å². The molecule has 0 aliphatic carbocycles. The van der Waals surface area contributed by atoms with E-state index in [4.69, 9.17) is 21.6 Å². The topological polar surface area (TPSA) is 50.1 Å². The smallest absolute Gasteiger partial charge is 0.163 e. The van der Waals surface area contributed by atoms with E-state index in [0.29, 0.717) is 28.5 Å². The molecule has 0 fully saturated rings. The molecule has 0 atom stereocenters. The first kappa shape index (κ1) is 11.5. The Kier molecular flexibility index (Phi) is 3.70. The lowest BCUT2D eigenvalue weighted by Crippen LogP contribution is -2.02. The summed E-state index contributed by atoms with van der Waals surface area (Å²) in [6.07, 6.45) is 0. The molecule has 4 heteroatoms. The predicted octanol–water partition coefficient (Wildman–Crippen LogP) is 2.81. The first-order valence-electron chi connectivity index (χ1n) is 4.47. The van der Waals surface area contributed by atoms with Crippen LogP contribution in [-0.4, -0.2) is 12.4 Å². The summed E-state index contributed by atoms with van der Waals surface area (Å²) < 4.78 is 5.27. The summed E-state index contributed by atoms with van der Waals surface area (Å²) in [6, 6.07) is 4.91. The number of Topliss-reactive ketones (excluding diaryl/α,β-unsaturated/α-hetero) is 1. The van der Waals surface area contributed by atoms with Gasteiger partial charge in [0.1, 0.15) is 5.75 Å². The summed E-state index contributed by atoms with van der Waals surface area (Å²) in [7, 11) is 0. The second kappa shape index (κ2) is 4.81. The number of halogens is 1. The number of hydrogen-bond acceptors (Lipinski definition) is 3. The van der Waals surface area contributed by atoms with E-state index < -0.39 is 0 Å². The van der Waals surface area contributed by atoms with Crippen LogP contribution in [0.3, 0.4) is 0 Å². The Balaban J connectivity index is 3.37. The fourth-order valence-electron chi connectivity index (χ4n) is 1.21. The van der Waals surface area contributed by atoms with E-state index in [1.165, 1.54) is 19.1 Å². The number of carbonyl (C=O) groups excluding carboxylic acids is 1. The molecule has 0 spiro atoms. The molecule has 0 saturated carbocycles. The molecule has 0 aliphatic rings. The van der Waals surface area contributed by atoms with Crippen LogP contribution in [-0.2, 0) is 0 Å². The van der Waals surface area contributed by atoms with Crippen molar-refractivity contribution in [3.05, 3.63) is 28.3 Å². The van der Waals surface area contributed by atoms with Crippen molar-refractivity contribution >= 4 is 17.4 Å². The SMILES string of the molecule is CCOc1c(Cl)cc(C#N)cc1C(C)=O. The third-order valence-corrected chi connectivity index (χ3v) is 2.12. The third-order valence-electron chi connectivity index (χ3n) is 1.84. The molecule has 1 rings (SSSR count). The molecule has 0 amide bonds. The summed E-state index contributed by atoms with van der Waals surface area (Å²) in [5.41, 5.74) is 0.703. The minimum absolute atomic E-state index is 0.169. The molecule has 0 saturated heterocycles. The van der Waals surface area contributed by atoms with Gasteiger partial charge in [0.2, 0.25) is 0 Å². The second-order valence-electron chi connectivity index (χ2n) is 2.94. The average Bonchev–Trinajstić information content (AvgIpc) is 2.20. The first-order chi connectivity index (χ1) is 7.10. The van der Waals surface area contributed by atoms with Gasteiger partial charge in [-0.15, -0.1) is 0 Å². The summed E-state index contributed by atoms with van der Waals surface area (Å²) in [6.45, 7) is 3.64. The van der Waals surface area contributed by atoms with Crippen LogP contribution in [0.2, 0.25) is 5.02 Å². The zero-order valence-electron chi connectivity index (χ0n) is 8.50.